The standard InChI is InChI=1S/C23H26N6O3S/c1-2-4-23(30)25-19-6-8-20(9-7-19)33(31,32)29-15-13-28(14-16-29)22-11-10-21(26-27-22)18-5-3-12-24-17-18/h3,5-12,17H,2,4,13-16H2,1H3,(H,25,30). The Balaban J connectivity index is 1.37. The second kappa shape index (κ2) is 10.1. The maximum Gasteiger partial charge on any atom is 0.243 e. The highest BCUT2D eigenvalue weighted by Crippen LogP contribution is 2.22. The Morgan fingerprint density at radius 2 is 1.76 bits per heavy atom. The predicted molar refractivity (Wildman–Crippen MR) is 126 cm³/mol. The lowest BCUT2D eigenvalue weighted by molar-refractivity contribution is -0.116. The fraction of sp³-hybridized carbons (Fsp3) is 0.304. The first-order chi connectivity index (χ1) is 16.0. The number of piperazine rings is 1. The molecule has 3 heterocycles. The molecule has 0 bridgehead atoms. The zero-order valence-corrected chi connectivity index (χ0v) is 19.2. The number of amides is 1. The van der Waals surface area contributed by atoms with E-state index in [0.29, 0.717) is 44.1 Å². The largest absolute Gasteiger partial charge is 0.352 e. The van der Waals surface area contributed by atoms with E-state index in [1.54, 1.807) is 24.5 Å². The van der Waals surface area contributed by atoms with Gasteiger partial charge in [-0.25, -0.2) is 8.42 Å². The van der Waals surface area contributed by atoms with Gasteiger partial charge >= 0.3 is 0 Å². The number of aromatic nitrogens is 3. The molecule has 0 aliphatic carbocycles. The molecule has 1 aliphatic heterocycles. The molecule has 2 aromatic heterocycles. The van der Waals surface area contributed by atoms with E-state index < -0.39 is 10.0 Å². The fourth-order valence-electron chi connectivity index (χ4n) is 3.63. The molecule has 10 heteroatoms. The Morgan fingerprint density at radius 1 is 1.00 bits per heavy atom. The zero-order valence-electron chi connectivity index (χ0n) is 18.4. The Hall–Kier alpha value is -3.37. The number of nitrogens with one attached hydrogen (secondary N) is 1. The number of benzene rings is 1. The van der Waals surface area contributed by atoms with E-state index in [-0.39, 0.29) is 10.8 Å². The van der Waals surface area contributed by atoms with E-state index in [1.165, 1.54) is 16.4 Å². The van der Waals surface area contributed by atoms with Crippen LogP contribution in [0.4, 0.5) is 11.5 Å². The van der Waals surface area contributed by atoms with Crippen molar-refractivity contribution >= 4 is 27.4 Å². The summed E-state index contributed by atoms with van der Waals surface area (Å²) in [7, 11) is -3.61. The second-order valence-electron chi connectivity index (χ2n) is 7.73. The molecule has 1 saturated heterocycles. The SMILES string of the molecule is CCCC(=O)Nc1ccc(S(=O)(=O)N2CCN(c3ccc(-c4cccnc4)nn3)CC2)cc1. The van der Waals surface area contributed by atoms with Gasteiger partial charge in [-0.15, -0.1) is 10.2 Å². The smallest absolute Gasteiger partial charge is 0.243 e. The minimum absolute atomic E-state index is 0.0826. The van der Waals surface area contributed by atoms with Gasteiger partial charge in [0.15, 0.2) is 5.82 Å². The molecule has 172 valence electrons. The number of carbonyl (C=O) groups is 1. The third-order valence-corrected chi connectivity index (χ3v) is 7.34. The summed E-state index contributed by atoms with van der Waals surface area (Å²) in [5.41, 5.74) is 2.22. The van der Waals surface area contributed by atoms with Gasteiger partial charge in [-0.3, -0.25) is 9.78 Å². The van der Waals surface area contributed by atoms with Crippen LogP contribution in [0.3, 0.4) is 0 Å². The van der Waals surface area contributed by atoms with E-state index in [2.05, 4.69) is 20.5 Å². The summed E-state index contributed by atoms with van der Waals surface area (Å²) in [5, 5.41) is 11.4. The van der Waals surface area contributed by atoms with Crippen LogP contribution in [0.1, 0.15) is 19.8 Å². The monoisotopic (exact) mass is 466 g/mol. The molecule has 33 heavy (non-hydrogen) atoms. The van der Waals surface area contributed by atoms with Gasteiger partial charge in [0.1, 0.15) is 0 Å². The number of hydrogen-bond donors (Lipinski definition) is 1. The van der Waals surface area contributed by atoms with Crippen molar-refractivity contribution in [1.29, 1.82) is 0 Å². The zero-order chi connectivity index (χ0) is 23.3. The number of anilines is 2. The van der Waals surface area contributed by atoms with Gasteiger partial charge in [-0.2, -0.15) is 4.31 Å². The lowest BCUT2D eigenvalue weighted by atomic mass is 10.2. The van der Waals surface area contributed by atoms with E-state index in [1.807, 2.05) is 36.1 Å². The molecule has 1 aliphatic rings. The molecular weight excluding hydrogens is 440 g/mol. The third kappa shape index (κ3) is 5.35. The van der Waals surface area contributed by atoms with Gasteiger partial charge in [0.2, 0.25) is 15.9 Å². The summed E-state index contributed by atoms with van der Waals surface area (Å²) in [5.74, 6) is 0.632. The number of pyridine rings is 1. The third-order valence-electron chi connectivity index (χ3n) is 5.42. The van der Waals surface area contributed by atoms with Crippen molar-refractivity contribution in [3.8, 4) is 11.3 Å². The van der Waals surface area contributed by atoms with Crippen molar-refractivity contribution in [2.75, 3.05) is 36.4 Å². The lowest BCUT2D eigenvalue weighted by Gasteiger charge is -2.34. The Bertz CT molecular complexity index is 1180. The molecule has 3 aromatic rings. The molecule has 0 unspecified atom stereocenters. The van der Waals surface area contributed by atoms with Crippen LogP contribution in [-0.2, 0) is 14.8 Å². The van der Waals surface area contributed by atoms with Crippen LogP contribution in [0, 0.1) is 0 Å². The van der Waals surface area contributed by atoms with Crippen molar-refractivity contribution in [2.45, 2.75) is 24.7 Å². The summed E-state index contributed by atoms with van der Waals surface area (Å²) in [6.45, 7) is 3.67. The summed E-state index contributed by atoms with van der Waals surface area (Å²) in [6.07, 6.45) is 4.63. The van der Waals surface area contributed by atoms with Gasteiger partial charge in [0.25, 0.3) is 0 Å². The Labute approximate surface area is 193 Å². The van der Waals surface area contributed by atoms with Crippen molar-refractivity contribution in [1.82, 2.24) is 19.5 Å². The first-order valence-corrected chi connectivity index (χ1v) is 12.3. The van der Waals surface area contributed by atoms with Crippen LogP contribution in [0.15, 0.2) is 65.8 Å². The van der Waals surface area contributed by atoms with Gasteiger partial charge < -0.3 is 10.2 Å². The van der Waals surface area contributed by atoms with Crippen molar-refractivity contribution < 1.29 is 13.2 Å². The van der Waals surface area contributed by atoms with E-state index >= 15 is 0 Å². The molecule has 0 saturated carbocycles. The minimum Gasteiger partial charge on any atom is -0.352 e. The average Bonchev–Trinajstić information content (AvgIpc) is 2.85. The molecule has 1 N–H and O–H groups in total. The molecule has 1 aromatic carbocycles. The van der Waals surface area contributed by atoms with Crippen molar-refractivity contribution in [2.24, 2.45) is 0 Å². The number of rotatable bonds is 7. The van der Waals surface area contributed by atoms with E-state index in [9.17, 15) is 13.2 Å². The first-order valence-electron chi connectivity index (χ1n) is 10.9. The Morgan fingerprint density at radius 3 is 2.36 bits per heavy atom. The number of nitrogens with zero attached hydrogens (tertiary/aromatic N) is 5. The van der Waals surface area contributed by atoms with Crippen LogP contribution in [0.25, 0.3) is 11.3 Å². The van der Waals surface area contributed by atoms with Crippen LogP contribution < -0.4 is 10.2 Å². The number of carbonyl (C=O) groups excluding carboxylic acids is 1. The fourth-order valence-corrected chi connectivity index (χ4v) is 5.05. The van der Waals surface area contributed by atoms with E-state index in [0.717, 1.165) is 17.7 Å². The number of sulfonamides is 1. The topological polar surface area (TPSA) is 108 Å². The first kappa shape index (κ1) is 22.8. The average molecular weight is 467 g/mol. The van der Waals surface area contributed by atoms with Crippen molar-refractivity contribution in [3.63, 3.8) is 0 Å². The van der Waals surface area contributed by atoms with Crippen molar-refractivity contribution in [3.05, 3.63) is 60.9 Å². The van der Waals surface area contributed by atoms with E-state index in [4.69, 9.17) is 0 Å². The Kier molecular flexibility index (Phi) is 6.95. The van der Waals surface area contributed by atoms with Gasteiger partial charge in [0, 0.05) is 56.2 Å². The maximum absolute atomic E-state index is 13.1. The number of hydrogen-bond acceptors (Lipinski definition) is 7. The van der Waals surface area contributed by atoms with Gasteiger partial charge in [-0.1, -0.05) is 6.92 Å². The molecule has 1 fully saturated rings. The molecule has 0 atom stereocenters. The summed E-state index contributed by atoms with van der Waals surface area (Å²) < 4.78 is 27.6. The summed E-state index contributed by atoms with van der Waals surface area (Å²) in [6, 6.07) is 13.9. The molecule has 1 amide bonds. The lowest BCUT2D eigenvalue weighted by Crippen LogP contribution is -2.49. The van der Waals surface area contributed by atoms with Crippen LogP contribution in [0.5, 0.6) is 0 Å². The van der Waals surface area contributed by atoms with Gasteiger partial charge in [-0.05, 0) is 55.0 Å². The highest BCUT2D eigenvalue weighted by atomic mass is 32.2. The molecule has 0 spiro atoms. The maximum atomic E-state index is 13.1. The van der Waals surface area contributed by atoms with Crippen LogP contribution >= 0.6 is 0 Å². The summed E-state index contributed by atoms with van der Waals surface area (Å²) >= 11 is 0. The van der Waals surface area contributed by atoms with Crippen LogP contribution in [0.2, 0.25) is 0 Å². The molecule has 0 radical (unpaired) electrons. The van der Waals surface area contributed by atoms with Gasteiger partial charge in [0.05, 0.1) is 10.6 Å². The molecule has 4 rings (SSSR count). The molecular formula is C23H26N6O3S. The minimum atomic E-state index is -3.61. The second-order valence-corrected chi connectivity index (χ2v) is 9.67. The normalized spacial score (nSPS) is 14.8. The molecule has 9 nitrogen and oxygen atoms in total. The quantitative estimate of drug-likeness (QED) is 0.570. The highest BCUT2D eigenvalue weighted by molar-refractivity contribution is 7.89. The highest BCUT2D eigenvalue weighted by Gasteiger charge is 2.29. The van der Waals surface area contributed by atoms with Crippen LogP contribution in [-0.4, -0.2) is 60.0 Å². The predicted octanol–water partition coefficient (Wildman–Crippen LogP) is 2.79. The summed E-state index contributed by atoms with van der Waals surface area (Å²) in [4.78, 5) is 18.1.